The zero-order valence-corrected chi connectivity index (χ0v) is 11.9. The minimum absolute atomic E-state index is 0.322. The molecule has 0 spiro atoms. The molecule has 0 radical (unpaired) electrons. The molecule has 4 heteroatoms. The molecule has 0 bridgehead atoms. The number of carbonyl (C=O) groups is 1. The van der Waals surface area contributed by atoms with Gasteiger partial charge in [0.1, 0.15) is 0 Å². The third kappa shape index (κ3) is 3.62. The van der Waals surface area contributed by atoms with Crippen LogP contribution in [-0.2, 0) is 5.75 Å². The molecule has 0 unspecified atom stereocenters. The fourth-order valence-electron chi connectivity index (χ4n) is 1.44. The number of thioether (sulfide) groups is 1. The van der Waals surface area contributed by atoms with Crippen LogP contribution in [0.3, 0.4) is 0 Å². The van der Waals surface area contributed by atoms with Crippen molar-refractivity contribution >= 4 is 33.7 Å². The largest absolute Gasteiger partial charge is 0.478 e. The minimum atomic E-state index is -0.889. The number of carboxylic acids is 1. The molecule has 0 heterocycles. The summed E-state index contributed by atoms with van der Waals surface area (Å²) in [6.07, 6.45) is 0. The van der Waals surface area contributed by atoms with Crippen LogP contribution in [-0.4, -0.2) is 11.1 Å². The number of halogens is 1. The molecule has 0 saturated heterocycles. The van der Waals surface area contributed by atoms with E-state index in [0.717, 1.165) is 15.1 Å². The summed E-state index contributed by atoms with van der Waals surface area (Å²) in [7, 11) is 0. The smallest absolute Gasteiger partial charge is 0.335 e. The molecular formula is C14H11BrO2S. The van der Waals surface area contributed by atoms with Crippen molar-refractivity contribution in [3.8, 4) is 0 Å². The van der Waals surface area contributed by atoms with Gasteiger partial charge in [-0.25, -0.2) is 4.79 Å². The van der Waals surface area contributed by atoms with Crippen LogP contribution < -0.4 is 0 Å². The highest BCUT2D eigenvalue weighted by Gasteiger charge is 2.02. The predicted molar refractivity (Wildman–Crippen MR) is 77.1 cm³/mol. The number of carboxylic acid groups (broad SMARTS) is 1. The molecule has 0 aliphatic carbocycles. The molecule has 1 N–H and O–H groups in total. The van der Waals surface area contributed by atoms with Gasteiger partial charge in [0.2, 0.25) is 0 Å². The maximum Gasteiger partial charge on any atom is 0.335 e. The van der Waals surface area contributed by atoms with E-state index in [1.54, 1.807) is 23.9 Å². The fourth-order valence-corrected chi connectivity index (χ4v) is 2.56. The van der Waals surface area contributed by atoms with Gasteiger partial charge in [-0.05, 0) is 42.0 Å². The summed E-state index contributed by atoms with van der Waals surface area (Å²) in [5, 5.41) is 8.80. The Balaban J connectivity index is 1.97. The molecule has 2 nitrogen and oxygen atoms in total. The highest BCUT2D eigenvalue weighted by atomic mass is 79.9. The van der Waals surface area contributed by atoms with E-state index in [1.165, 1.54) is 5.56 Å². The molecule has 2 aromatic rings. The van der Waals surface area contributed by atoms with E-state index < -0.39 is 5.97 Å². The van der Waals surface area contributed by atoms with Crippen molar-refractivity contribution < 1.29 is 9.90 Å². The maximum absolute atomic E-state index is 10.7. The van der Waals surface area contributed by atoms with Crippen molar-refractivity contribution in [3.05, 3.63) is 64.1 Å². The Kier molecular flexibility index (Phi) is 4.44. The van der Waals surface area contributed by atoms with E-state index in [-0.39, 0.29) is 0 Å². The van der Waals surface area contributed by atoms with Gasteiger partial charge in [0, 0.05) is 15.1 Å². The lowest BCUT2D eigenvalue weighted by Crippen LogP contribution is -1.94. The van der Waals surface area contributed by atoms with E-state index in [0.29, 0.717) is 5.56 Å². The van der Waals surface area contributed by atoms with Gasteiger partial charge in [-0.15, -0.1) is 11.8 Å². The Morgan fingerprint density at radius 1 is 1.06 bits per heavy atom. The minimum Gasteiger partial charge on any atom is -0.478 e. The van der Waals surface area contributed by atoms with E-state index in [2.05, 4.69) is 28.1 Å². The lowest BCUT2D eigenvalue weighted by atomic mass is 10.2. The highest BCUT2D eigenvalue weighted by molar-refractivity contribution is 9.10. The molecule has 0 amide bonds. The van der Waals surface area contributed by atoms with Crippen LogP contribution in [0.1, 0.15) is 15.9 Å². The Morgan fingerprint density at radius 2 is 1.67 bits per heavy atom. The molecule has 0 atom stereocenters. The summed E-state index contributed by atoms with van der Waals surface area (Å²) >= 11 is 5.09. The molecule has 18 heavy (non-hydrogen) atoms. The molecule has 2 aromatic carbocycles. The summed E-state index contributed by atoms with van der Waals surface area (Å²) in [4.78, 5) is 11.8. The van der Waals surface area contributed by atoms with Crippen molar-refractivity contribution in [2.75, 3.05) is 0 Å². The zero-order valence-electron chi connectivity index (χ0n) is 9.47. The molecule has 0 aliphatic rings. The first-order chi connectivity index (χ1) is 8.65. The van der Waals surface area contributed by atoms with Gasteiger partial charge in [0.05, 0.1) is 5.56 Å². The maximum atomic E-state index is 10.7. The summed E-state index contributed by atoms with van der Waals surface area (Å²) < 4.78 is 1.07. The van der Waals surface area contributed by atoms with Crippen molar-refractivity contribution in [2.45, 2.75) is 10.6 Å². The summed E-state index contributed by atoms with van der Waals surface area (Å²) in [6.45, 7) is 0. The third-order valence-electron chi connectivity index (χ3n) is 2.42. The Morgan fingerprint density at radius 3 is 2.22 bits per heavy atom. The average Bonchev–Trinajstić information content (AvgIpc) is 2.38. The van der Waals surface area contributed by atoms with Gasteiger partial charge in [0.15, 0.2) is 0 Å². The number of benzene rings is 2. The standard InChI is InChI=1S/C14H11BrO2S/c15-12-5-1-10(2-6-12)9-18-13-7-3-11(4-8-13)14(16)17/h1-8H,9H2,(H,16,17). The summed E-state index contributed by atoms with van der Waals surface area (Å²) in [5.74, 6) is -0.0147. The van der Waals surface area contributed by atoms with Crippen LogP contribution in [0, 0.1) is 0 Å². The lowest BCUT2D eigenvalue weighted by Gasteiger charge is -2.03. The van der Waals surface area contributed by atoms with E-state index in [9.17, 15) is 4.79 Å². The van der Waals surface area contributed by atoms with Crippen LogP contribution in [0.5, 0.6) is 0 Å². The van der Waals surface area contributed by atoms with Crippen LogP contribution in [0.2, 0.25) is 0 Å². The van der Waals surface area contributed by atoms with Crippen LogP contribution >= 0.6 is 27.7 Å². The molecule has 92 valence electrons. The van der Waals surface area contributed by atoms with Crippen molar-refractivity contribution in [1.82, 2.24) is 0 Å². The summed E-state index contributed by atoms with van der Waals surface area (Å²) in [5.41, 5.74) is 1.56. The monoisotopic (exact) mass is 322 g/mol. The average molecular weight is 323 g/mol. The lowest BCUT2D eigenvalue weighted by molar-refractivity contribution is 0.0697. The van der Waals surface area contributed by atoms with Crippen LogP contribution in [0.25, 0.3) is 0 Å². The van der Waals surface area contributed by atoms with Gasteiger partial charge in [-0.3, -0.25) is 0 Å². The van der Waals surface area contributed by atoms with Crippen molar-refractivity contribution in [1.29, 1.82) is 0 Å². The normalized spacial score (nSPS) is 10.3. The molecule has 0 aliphatic heterocycles. The SMILES string of the molecule is O=C(O)c1ccc(SCc2ccc(Br)cc2)cc1. The molecular weight excluding hydrogens is 312 g/mol. The molecule has 2 rings (SSSR count). The third-order valence-corrected chi connectivity index (χ3v) is 4.03. The second-order valence-corrected chi connectivity index (χ2v) is 5.71. The Bertz CT molecular complexity index is 535. The van der Waals surface area contributed by atoms with Crippen molar-refractivity contribution in [2.24, 2.45) is 0 Å². The van der Waals surface area contributed by atoms with Gasteiger partial charge >= 0.3 is 5.97 Å². The Hall–Kier alpha value is -1.26. The molecule has 0 saturated carbocycles. The second-order valence-electron chi connectivity index (χ2n) is 3.74. The zero-order chi connectivity index (χ0) is 13.0. The second kappa shape index (κ2) is 6.07. The van der Waals surface area contributed by atoms with E-state index >= 15 is 0 Å². The number of aromatic carboxylic acids is 1. The number of hydrogen-bond acceptors (Lipinski definition) is 2. The molecule has 0 aromatic heterocycles. The topological polar surface area (TPSA) is 37.3 Å². The first kappa shape index (κ1) is 13.2. The molecule has 0 fully saturated rings. The fraction of sp³-hybridized carbons (Fsp3) is 0.0714. The Labute approximate surface area is 118 Å². The number of hydrogen-bond donors (Lipinski definition) is 1. The highest BCUT2D eigenvalue weighted by Crippen LogP contribution is 2.23. The number of rotatable bonds is 4. The van der Waals surface area contributed by atoms with E-state index in [4.69, 9.17) is 5.11 Å². The van der Waals surface area contributed by atoms with Gasteiger partial charge in [-0.1, -0.05) is 28.1 Å². The first-order valence-electron chi connectivity index (χ1n) is 5.36. The van der Waals surface area contributed by atoms with Gasteiger partial charge < -0.3 is 5.11 Å². The first-order valence-corrected chi connectivity index (χ1v) is 7.13. The van der Waals surface area contributed by atoms with Gasteiger partial charge in [-0.2, -0.15) is 0 Å². The predicted octanol–water partition coefficient (Wildman–Crippen LogP) is 4.44. The van der Waals surface area contributed by atoms with Crippen LogP contribution in [0.4, 0.5) is 0 Å². The van der Waals surface area contributed by atoms with Gasteiger partial charge in [0.25, 0.3) is 0 Å². The summed E-state index contributed by atoms with van der Waals surface area (Å²) in [6, 6.07) is 15.1. The van der Waals surface area contributed by atoms with E-state index in [1.807, 2.05) is 24.3 Å². The van der Waals surface area contributed by atoms with Crippen LogP contribution in [0.15, 0.2) is 57.9 Å². The van der Waals surface area contributed by atoms with Crippen molar-refractivity contribution in [3.63, 3.8) is 0 Å². The quantitative estimate of drug-likeness (QED) is 0.845.